The molecule has 9 nitrogen and oxygen atoms in total. The number of carbonyl (C=O) groups is 2. The lowest BCUT2D eigenvalue weighted by Crippen LogP contribution is -2.54. The zero-order valence-corrected chi connectivity index (χ0v) is 23.8. The van der Waals surface area contributed by atoms with Crippen molar-refractivity contribution in [2.75, 3.05) is 37.2 Å². The summed E-state index contributed by atoms with van der Waals surface area (Å²) in [5, 5.41) is 2.68. The maximum atomic E-state index is 13.6. The topological polar surface area (TPSA) is 99.3 Å². The Hall–Kier alpha value is -3.89. The van der Waals surface area contributed by atoms with Crippen LogP contribution in [-0.4, -0.2) is 68.8 Å². The molecule has 1 saturated heterocycles. The number of nitrogens with zero attached hydrogens (tertiary/aromatic N) is 3. The average molecular weight is 577 g/mol. The molecular formula is C31H36N4O5S. The molecule has 1 heterocycles. The van der Waals surface area contributed by atoms with E-state index in [4.69, 9.17) is 4.84 Å². The molecule has 2 aliphatic rings. The van der Waals surface area contributed by atoms with Crippen LogP contribution < -0.4 is 14.6 Å². The number of rotatable bonds is 9. The summed E-state index contributed by atoms with van der Waals surface area (Å²) < 4.78 is 28.0. The number of nitrogens with one attached hydrogen (secondary N) is 1. The van der Waals surface area contributed by atoms with Gasteiger partial charge in [0.25, 0.3) is 15.9 Å². The van der Waals surface area contributed by atoms with E-state index in [9.17, 15) is 18.0 Å². The van der Waals surface area contributed by atoms with Crippen LogP contribution in [-0.2, 0) is 14.8 Å². The largest absolute Gasteiger partial charge is 0.364 e. The molecule has 1 N–H and O–H groups in total. The summed E-state index contributed by atoms with van der Waals surface area (Å²) in [7, 11) is -4.13. The first kappa shape index (κ1) is 28.6. The highest BCUT2D eigenvalue weighted by atomic mass is 32.2. The highest BCUT2D eigenvalue weighted by molar-refractivity contribution is 7.92. The molecule has 3 aromatic carbocycles. The summed E-state index contributed by atoms with van der Waals surface area (Å²) in [6.45, 7) is 2.97. The minimum absolute atomic E-state index is 0.0410. The summed E-state index contributed by atoms with van der Waals surface area (Å²) in [4.78, 5) is 35.6. The SMILES string of the molecule is O=C(NCC(=O)N1CCN(C2CCCCC2)CC1)c1ccc(S(=O)(=O)N(Oc2ccccc2)c2ccccc2)cc1. The van der Waals surface area contributed by atoms with Crippen molar-refractivity contribution >= 4 is 27.5 Å². The van der Waals surface area contributed by atoms with Gasteiger partial charge in [-0.15, -0.1) is 0 Å². The Balaban J connectivity index is 1.18. The molecule has 0 radical (unpaired) electrons. The quantitative estimate of drug-likeness (QED) is 0.386. The maximum Gasteiger partial charge on any atom is 0.295 e. The number of piperazine rings is 1. The highest BCUT2D eigenvalue weighted by Gasteiger charge is 2.29. The molecule has 41 heavy (non-hydrogen) atoms. The van der Waals surface area contributed by atoms with E-state index in [2.05, 4.69) is 10.2 Å². The van der Waals surface area contributed by atoms with E-state index in [0.717, 1.165) is 17.6 Å². The van der Waals surface area contributed by atoms with Crippen molar-refractivity contribution in [3.8, 4) is 5.75 Å². The predicted molar refractivity (Wildman–Crippen MR) is 157 cm³/mol. The van der Waals surface area contributed by atoms with Crippen molar-refractivity contribution in [3.05, 3.63) is 90.5 Å². The molecule has 1 aliphatic heterocycles. The number of hydrogen-bond donors (Lipinski definition) is 1. The van der Waals surface area contributed by atoms with E-state index in [0.29, 0.717) is 30.6 Å². The third-order valence-electron chi connectivity index (χ3n) is 7.69. The van der Waals surface area contributed by atoms with Gasteiger partial charge in [0, 0.05) is 37.8 Å². The van der Waals surface area contributed by atoms with Crippen molar-refractivity contribution in [1.82, 2.24) is 15.1 Å². The Morgan fingerprint density at radius 1 is 0.805 bits per heavy atom. The van der Waals surface area contributed by atoms with E-state index in [1.165, 1.54) is 56.4 Å². The second-order valence-corrected chi connectivity index (χ2v) is 12.1. The van der Waals surface area contributed by atoms with E-state index < -0.39 is 15.9 Å². The summed E-state index contributed by atoms with van der Waals surface area (Å²) in [6.07, 6.45) is 6.38. The molecule has 1 saturated carbocycles. The van der Waals surface area contributed by atoms with E-state index in [-0.39, 0.29) is 22.9 Å². The Bertz CT molecular complexity index is 1400. The van der Waals surface area contributed by atoms with Crippen LogP contribution in [0.25, 0.3) is 0 Å². The number of hydrogen-bond acceptors (Lipinski definition) is 6. The second kappa shape index (κ2) is 13.2. The van der Waals surface area contributed by atoms with Crippen molar-refractivity contribution in [2.24, 2.45) is 0 Å². The molecule has 3 aromatic rings. The van der Waals surface area contributed by atoms with E-state index in [1.54, 1.807) is 59.5 Å². The number of anilines is 1. The summed E-state index contributed by atoms with van der Waals surface area (Å²) in [5.41, 5.74) is 0.588. The van der Waals surface area contributed by atoms with E-state index >= 15 is 0 Å². The first-order chi connectivity index (χ1) is 19.9. The lowest BCUT2D eigenvalue weighted by molar-refractivity contribution is -0.132. The van der Waals surface area contributed by atoms with Crippen LogP contribution in [0.3, 0.4) is 0 Å². The Morgan fingerprint density at radius 3 is 2.05 bits per heavy atom. The van der Waals surface area contributed by atoms with Gasteiger partial charge in [-0.3, -0.25) is 14.5 Å². The van der Waals surface area contributed by atoms with Crippen molar-refractivity contribution in [2.45, 2.75) is 43.0 Å². The minimum Gasteiger partial charge on any atom is -0.364 e. The molecule has 0 aromatic heterocycles. The van der Waals surface area contributed by atoms with Gasteiger partial charge < -0.3 is 15.1 Å². The van der Waals surface area contributed by atoms with Crippen LogP contribution in [0.4, 0.5) is 5.69 Å². The van der Waals surface area contributed by atoms with Crippen LogP contribution in [0.2, 0.25) is 0 Å². The van der Waals surface area contributed by atoms with Gasteiger partial charge in [0.1, 0.15) is 0 Å². The van der Waals surface area contributed by atoms with Gasteiger partial charge in [0.05, 0.1) is 17.1 Å². The molecule has 2 fully saturated rings. The zero-order valence-electron chi connectivity index (χ0n) is 23.0. The van der Waals surface area contributed by atoms with Crippen LogP contribution in [0.1, 0.15) is 42.5 Å². The minimum atomic E-state index is -4.13. The lowest BCUT2D eigenvalue weighted by Gasteiger charge is -2.40. The Kier molecular flexibility index (Phi) is 9.21. The molecule has 0 atom stereocenters. The molecule has 0 spiro atoms. The maximum absolute atomic E-state index is 13.6. The molecule has 10 heteroatoms. The molecule has 1 aliphatic carbocycles. The van der Waals surface area contributed by atoms with Gasteiger partial charge in [-0.05, 0) is 61.4 Å². The van der Waals surface area contributed by atoms with Gasteiger partial charge >= 0.3 is 0 Å². The fourth-order valence-corrected chi connectivity index (χ4v) is 6.65. The third kappa shape index (κ3) is 7.07. The average Bonchev–Trinajstić information content (AvgIpc) is 3.03. The fourth-order valence-electron chi connectivity index (χ4n) is 5.39. The number of benzene rings is 3. The highest BCUT2D eigenvalue weighted by Crippen LogP contribution is 2.26. The monoisotopic (exact) mass is 576 g/mol. The van der Waals surface area contributed by atoms with Crippen LogP contribution >= 0.6 is 0 Å². The second-order valence-electron chi connectivity index (χ2n) is 10.4. The predicted octanol–water partition coefficient (Wildman–Crippen LogP) is 4.08. The fraction of sp³-hybridized carbons (Fsp3) is 0.355. The van der Waals surface area contributed by atoms with Crippen molar-refractivity contribution in [1.29, 1.82) is 0 Å². The number of carbonyl (C=O) groups excluding carboxylic acids is 2. The van der Waals surface area contributed by atoms with Crippen LogP contribution in [0.5, 0.6) is 5.75 Å². The first-order valence-electron chi connectivity index (χ1n) is 14.2. The molecule has 0 unspecified atom stereocenters. The third-order valence-corrected chi connectivity index (χ3v) is 9.28. The molecule has 5 rings (SSSR count). The van der Waals surface area contributed by atoms with Gasteiger partial charge in [-0.2, -0.15) is 8.42 Å². The Labute approximate surface area is 241 Å². The van der Waals surface area contributed by atoms with Gasteiger partial charge in [0.2, 0.25) is 5.91 Å². The lowest BCUT2D eigenvalue weighted by atomic mass is 9.94. The number of sulfonamides is 1. The zero-order chi connectivity index (χ0) is 28.7. The van der Waals surface area contributed by atoms with Crippen molar-refractivity contribution < 1.29 is 22.8 Å². The van der Waals surface area contributed by atoms with Crippen molar-refractivity contribution in [3.63, 3.8) is 0 Å². The van der Waals surface area contributed by atoms with Gasteiger partial charge in [-0.1, -0.05) is 60.1 Å². The van der Waals surface area contributed by atoms with Gasteiger partial charge in [0.15, 0.2) is 5.75 Å². The van der Waals surface area contributed by atoms with E-state index in [1.807, 2.05) is 6.07 Å². The molecule has 0 bridgehead atoms. The van der Waals surface area contributed by atoms with Gasteiger partial charge in [-0.25, -0.2) is 0 Å². The summed E-state index contributed by atoms with van der Waals surface area (Å²) >= 11 is 0. The molecule has 2 amide bonds. The molecular weight excluding hydrogens is 540 g/mol. The Morgan fingerprint density at radius 2 is 1.41 bits per heavy atom. The normalized spacial score (nSPS) is 16.6. The standard InChI is InChI=1S/C31H36N4O5S/c36-30(34-22-20-33(21-23-34)26-10-4-1-5-11-26)24-32-31(37)25-16-18-29(19-17-25)41(38,39)35(27-12-6-2-7-13-27)40-28-14-8-3-9-15-28/h2-3,6-9,12-19,26H,1,4-5,10-11,20-24H2,(H,32,37). The molecule has 216 valence electrons. The smallest absolute Gasteiger partial charge is 0.295 e. The summed E-state index contributed by atoms with van der Waals surface area (Å²) in [6, 6.07) is 23.4. The number of para-hydroxylation sites is 2. The summed E-state index contributed by atoms with van der Waals surface area (Å²) in [5.74, 6) is -0.197. The number of amides is 2. The van der Waals surface area contributed by atoms with Crippen LogP contribution in [0.15, 0.2) is 89.8 Å². The van der Waals surface area contributed by atoms with Crippen LogP contribution in [0, 0.1) is 0 Å². The first-order valence-corrected chi connectivity index (χ1v) is 15.6.